The van der Waals surface area contributed by atoms with E-state index in [1.165, 1.54) is 12.1 Å². The van der Waals surface area contributed by atoms with E-state index in [4.69, 9.17) is 4.74 Å². The Morgan fingerprint density at radius 1 is 1.05 bits per heavy atom. The monoisotopic (exact) mass is 338 g/mol. The van der Waals surface area contributed by atoms with Gasteiger partial charge in [-0.1, -0.05) is 28.1 Å². The molecule has 2 aromatic carbocycles. The lowest BCUT2D eigenvalue weighted by molar-refractivity contribution is 0.0546. The van der Waals surface area contributed by atoms with Gasteiger partial charge in [-0.05, 0) is 55.3 Å². The minimum atomic E-state index is -0.863. The predicted molar refractivity (Wildman–Crippen MR) is 80.9 cm³/mol. The summed E-state index contributed by atoms with van der Waals surface area (Å²) in [5.74, 6) is 0.930. The highest BCUT2D eigenvalue weighted by molar-refractivity contribution is 9.09. The summed E-state index contributed by atoms with van der Waals surface area (Å²) >= 11 is 3.33. The topological polar surface area (TPSA) is 29.5 Å². The van der Waals surface area contributed by atoms with Gasteiger partial charge in [0.15, 0.2) is 0 Å². The average molecular weight is 339 g/mol. The Bertz CT molecular complexity index is 550. The van der Waals surface area contributed by atoms with E-state index in [1.807, 2.05) is 12.1 Å². The molecule has 0 saturated heterocycles. The molecule has 1 unspecified atom stereocenters. The van der Waals surface area contributed by atoms with Crippen molar-refractivity contribution in [3.8, 4) is 11.5 Å². The molecule has 106 valence electrons. The van der Waals surface area contributed by atoms with Crippen molar-refractivity contribution < 1.29 is 14.2 Å². The molecular weight excluding hydrogens is 323 g/mol. The molecule has 0 aliphatic carbocycles. The SMILES string of the molecule is CC(O)(CCBr)c1ccc(Oc2ccc(F)cc2)cc1. The van der Waals surface area contributed by atoms with Gasteiger partial charge >= 0.3 is 0 Å². The van der Waals surface area contributed by atoms with Crippen molar-refractivity contribution in [3.63, 3.8) is 0 Å². The van der Waals surface area contributed by atoms with Gasteiger partial charge < -0.3 is 9.84 Å². The van der Waals surface area contributed by atoms with Crippen LogP contribution in [0.4, 0.5) is 4.39 Å². The largest absolute Gasteiger partial charge is 0.457 e. The molecule has 20 heavy (non-hydrogen) atoms. The van der Waals surface area contributed by atoms with E-state index >= 15 is 0 Å². The van der Waals surface area contributed by atoms with Gasteiger partial charge in [-0.15, -0.1) is 0 Å². The van der Waals surface area contributed by atoms with Gasteiger partial charge in [-0.25, -0.2) is 4.39 Å². The Morgan fingerprint density at radius 3 is 2.05 bits per heavy atom. The van der Waals surface area contributed by atoms with Gasteiger partial charge in [-0.2, -0.15) is 0 Å². The van der Waals surface area contributed by atoms with E-state index in [-0.39, 0.29) is 5.82 Å². The summed E-state index contributed by atoms with van der Waals surface area (Å²) in [7, 11) is 0. The molecule has 0 heterocycles. The molecule has 2 rings (SSSR count). The number of hydrogen-bond donors (Lipinski definition) is 1. The van der Waals surface area contributed by atoms with Crippen LogP contribution in [0.3, 0.4) is 0 Å². The maximum atomic E-state index is 12.8. The van der Waals surface area contributed by atoms with Crippen molar-refractivity contribution in [2.24, 2.45) is 0 Å². The van der Waals surface area contributed by atoms with Crippen molar-refractivity contribution >= 4 is 15.9 Å². The summed E-state index contributed by atoms with van der Waals surface area (Å²) in [6.45, 7) is 1.78. The van der Waals surface area contributed by atoms with Crippen LogP contribution in [0.5, 0.6) is 11.5 Å². The molecule has 1 atom stereocenters. The van der Waals surface area contributed by atoms with Gasteiger partial charge in [0.1, 0.15) is 17.3 Å². The molecular formula is C16H16BrFO2. The number of hydrogen-bond acceptors (Lipinski definition) is 2. The van der Waals surface area contributed by atoms with Crippen LogP contribution < -0.4 is 4.74 Å². The Labute approximate surface area is 126 Å². The summed E-state index contributed by atoms with van der Waals surface area (Å²) in [5.41, 5.74) is -0.0267. The highest BCUT2D eigenvalue weighted by Gasteiger charge is 2.21. The molecule has 0 saturated carbocycles. The van der Waals surface area contributed by atoms with Crippen molar-refractivity contribution in [1.29, 1.82) is 0 Å². The standard InChI is InChI=1S/C16H16BrFO2/c1-16(19,10-11-17)12-2-6-14(7-3-12)20-15-8-4-13(18)5-9-15/h2-9,19H,10-11H2,1H3. The lowest BCUT2D eigenvalue weighted by Gasteiger charge is -2.23. The Morgan fingerprint density at radius 2 is 1.55 bits per heavy atom. The second kappa shape index (κ2) is 6.37. The summed E-state index contributed by atoms with van der Waals surface area (Å²) in [6.07, 6.45) is 0.630. The average Bonchev–Trinajstić information content (AvgIpc) is 2.42. The predicted octanol–water partition coefficient (Wildman–Crippen LogP) is 4.61. The third-order valence-electron chi connectivity index (χ3n) is 3.11. The summed E-state index contributed by atoms with van der Waals surface area (Å²) in [6, 6.07) is 13.1. The maximum absolute atomic E-state index is 12.8. The van der Waals surface area contributed by atoms with E-state index in [0.717, 1.165) is 10.9 Å². The fourth-order valence-corrected chi connectivity index (χ4v) is 2.62. The van der Waals surface area contributed by atoms with Crippen LogP contribution >= 0.6 is 15.9 Å². The van der Waals surface area contributed by atoms with Crippen molar-refractivity contribution in [3.05, 3.63) is 59.9 Å². The Hall–Kier alpha value is -1.39. The first-order valence-electron chi connectivity index (χ1n) is 6.33. The highest BCUT2D eigenvalue weighted by Crippen LogP contribution is 2.28. The van der Waals surface area contributed by atoms with Gasteiger partial charge in [0.25, 0.3) is 0 Å². The molecule has 2 nitrogen and oxygen atoms in total. The summed E-state index contributed by atoms with van der Waals surface area (Å²) in [4.78, 5) is 0. The number of rotatable bonds is 5. The summed E-state index contributed by atoms with van der Waals surface area (Å²) in [5, 5.41) is 11.0. The first-order valence-corrected chi connectivity index (χ1v) is 7.46. The lowest BCUT2D eigenvalue weighted by Crippen LogP contribution is -2.21. The smallest absolute Gasteiger partial charge is 0.127 e. The molecule has 0 radical (unpaired) electrons. The first kappa shape index (κ1) is 15.0. The molecule has 4 heteroatoms. The normalized spacial score (nSPS) is 13.8. The second-order valence-corrected chi connectivity index (χ2v) is 5.59. The highest BCUT2D eigenvalue weighted by atomic mass is 79.9. The van der Waals surface area contributed by atoms with Crippen LogP contribution in [0.1, 0.15) is 18.9 Å². The third kappa shape index (κ3) is 3.81. The Balaban J connectivity index is 2.10. The van der Waals surface area contributed by atoms with E-state index in [2.05, 4.69) is 15.9 Å². The molecule has 0 fully saturated rings. The van der Waals surface area contributed by atoms with Crippen LogP contribution in [-0.2, 0) is 5.60 Å². The van der Waals surface area contributed by atoms with Crippen molar-refractivity contribution in [1.82, 2.24) is 0 Å². The fourth-order valence-electron chi connectivity index (χ4n) is 1.85. The lowest BCUT2D eigenvalue weighted by atomic mass is 9.93. The Kier molecular flexibility index (Phi) is 4.78. The number of benzene rings is 2. The molecule has 0 aliphatic rings. The maximum Gasteiger partial charge on any atom is 0.127 e. The van der Waals surface area contributed by atoms with E-state index in [0.29, 0.717) is 17.9 Å². The van der Waals surface area contributed by atoms with Crippen LogP contribution in [0, 0.1) is 5.82 Å². The van der Waals surface area contributed by atoms with Gasteiger partial charge in [-0.3, -0.25) is 0 Å². The van der Waals surface area contributed by atoms with Gasteiger partial charge in [0, 0.05) is 5.33 Å². The molecule has 0 spiro atoms. The van der Waals surface area contributed by atoms with Crippen LogP contribution in [0.15, 0.2) is 48.5 Å². The zero-order chi connectivity index (χ0) is 14.6. The van der Waals surface area contributed by atoms with E-state index in [1.54, 1.807) is 31.2 Å². The van der Waals surface area contributed by atoms with Crippen LogP contribution in [-0.4, -0.2) is 10.4 Å². The van der Waals surface area contributed by atoms with Crippen LogP contribution in [0.25, 0.3) is 0 Å². The first-order chi connectivity index (χ1) is 9.51. The molecule has 0 aromatic heterocycles. The number of ether oxygens (including phenoxy) is 1. The second-order valence-electron chi connectivity index (χ2n) is 4.79. The number of halogens is 2. The van der Waals surface area contributed by atoms with E-state index in [9.17, 15) is 9.50 Å². The van der Waals surface area contributed by atoms with Gasteiger partial charge in [0.05, 0.1) is 5.60 Å². The van der Waals surface area contributed by atoms with Crippen molar-refractivity contribution in [2.45, 2.75) is 18.9 Å². The van der Waals surface area contributed by atoms with Crippen LogP contribution in [0.2, 0.25) is 0 Å². The van der Waals surface area contributed by atoms with Gasteiger partial charge in [0.2, 0.25) is 0 Å². The molecule has 0 bridgehead atoms. The molecule has 2 aromatic rings. The zero-order valence-corrected chi connectivity index (χ0v) is 12.7. The molecule has 0 amide bonds. The quantitative estimate of drug-likeness (QED) is 0.806. The fraction of sp³-hybridized carbons (Fsp3) is 0.250. The minimum absolute atomic E-state index is 0.293. The zero-order valence-electron chi connectivity index (χ0n) is 11.1. The minimum Gasteiger partial charge on any atom is -0.457 e. The molecule has 1 N–H and O–H groups in total. The van der Waals surface area contributed by atoms with Crippen molar-refractivity contribution in [2.75, 3.05) is 5.33 Å². The number of alkyl halides is 1. The summed E-state index contributed by atoms with van der Waals surface area (Å²) < 4.78 is 18.4. The third-order valence-corrected chi connectivity index (χ3v) is 3.50. The molecule has 0 aliphatic heterocycles. The number of aliphatic hydroxyl groups is 1. The van der Waals surface area contributed by atoms with E-state index < -0.39 is 5.60 Å².